The van der Waals surface area contributed by atoms with E-state index in [9.17, 15) is 13.2 Å². The quantitative estimate of drug-likeness (QED) is 0.900. The number of halogens is 3. The van der Waals surface area contributed by atoms with Gasteiger partial charge in [-0.15, -0.1) is 13.2 Å². The van der Waals surface area contributed by atoms with Crippen LogP contribution in [0.2, 0.25) is 0 Å². The maximum Gasteiger partial charge on any atom is 0.573 e. The second kappa shape index (κ2) is 5.82. The van der Waals surface area contributed by atoms with Gasteiger partial charge in [-0.2, -0.15) is 0 Å². The highest BCUT2D eigenvalue weighted by atomic mass is 19.4. The number of ether oxygens (including phenoxy) is 1. The average Bonchev–Trinajstić information content (AvgIpc) is 2.76. The second-order valence-electron chi connectivity index (χ2n) is 4.79. The summed E-state index contributed by atoms with van der Waals surface area (Å²) in [4.78, 5) is 0. The molecule has 0 spiro atoms. The van der Waals surface area contributed by atoms with Crippen LogP contribution in [0.1, 0.15) is 37.7 Å². The van der Waals surface area contributed by atoms with E-state index in [4.69, 9.17) is 0 Å². The number of para-hydroxylation sites is 1. The molecule has 0 aliphatic heterocycles. The van der Waals surface area contributed by atoms with Crippen molar-refractivity contribution in [2.45, 2.75) is 44.5 Å². The van der Waals surface area contributed by atoms with Crippen LogP contribution in [0.3, 0.4) is 0 Å². The Balaban J connectivity index is 2.23. The van der Waals surface area contributed by atoms with Gasteiger partial charge in [0.1, 0.15) is 5.75 Å². The summed E-state index contributed by atoms with van der Waals surface area (Å²) in [5.74, 6) is 0.0308. The number of nitrogens with one attached hydrogen (secondary N) is 1. The Kier molecular flexibility index (Phi) is 4.34. The molecular formula is C14H18F3NO. The van der Waals surface area contributed by atoms with Gasteiger partial charge in [-0.05, 0) is 31.0 Å². The van der Waals surface area contributed by atoms with Crippen molar-refractivity contribution in [2.24, 2.45) is 0 Å². The molecule has 1 fully saturated rings. The third-order valence-corrected chi connectivity index (χ3v) is 3.53. The maximum atomic E-state index is 12.4. The Morgan fingerprint density at radius 2 is 2.00 bits per heavy atom. The van der Waals surface area contributed by atoms with Crippen molar-refractivity contribution in [3.8, 4) is 5.75 Å². The predicted molar refractivity (Wildman–Crippen MR) is 67.2 cm³/mol. The Labute approximate surface area is 111 Å². The van der Waals surface area contributed by atoms with Gasteiger partial charge < -0.3 is 10.1 Å². The summed E-state index contributed by atoms with van der Waals surface area (Å²) in [6.07, 6.45) is -1.71. The van der Waals surface area contributed by atoms with Crippen molar-refractivity contribution in [3.63, 3.8) is 0 Å². The Bertz CT molecular complexity index is 419. The highest BCUT2D eigenvalue weighted by Gasteiger charge is 2.35. The zero-order chi connectivity index (χ0) is 13.9. The number of hydrogen-bond donors (Lipinski definition) is 1. The number of hydrogen-bond acceptors (Lipinski definition) is 2. The molecule has 1 aromatic carbocycles. The first-order valence-electron chi connectivity index (χ1n) is 6.59. The molecule has 2 nitrogen and oxygen atoms in total. The van der Waals surface area contributed by atoms with Crippen LogP contribution in [0, 0.1) is 0 Å². The Morgan fingerprint density at radius 1 is 1.26 bits per heavy atom. The molecule has 0 bridgehead atoms. The summed E-state index contributed by atoms with van der Waals surface area (Å²) < 4.78 is 41.4. The Hall–Kier alpha value is -1.23. The zero-order valence-electron chi connectivity index (χ0n) is 10.8. The lowest BCUT2D eigenvalue weighted by Crippen LogP contribution is -2.31. The summed E-state index contributed by atoms with van der Waals surface area (Å²) >= 11 is 0. The minimum Gasteiger partial charge on any atom is -0.405 e. The van der Waals surface area contributed by atoms with Crippen molar-refractivity contribution in [1.82, 2.24) is 5.32 Å². The maximum absolute atomic E-state index is 12.4. The molecule has 1 N–H and O–H groups in total. The first-order valence-corrected chi connectivity index (χ1v) is 6.59. The molecule has 1 aromatic rings. The SMILES string of the molecule is CCNC1CCCC1c1ccccc1OC(F)(F)F. The van der Waals surface area contributed by atoms with Crippen LogP contribution < -0.4 is 10.1 Å². The zero-order valence-corrected chi connectivity index (χ0v) is 10.8. The van der Waals surface area contributed by atoms with Crippen LogP contribution in [-0.4, -0.2) is 18.9 Å². The summed E-state index contributed by atoms with van der Waals surface area (Å²) in [6.45, 7) is 2.83. The number of likely N-dealkylation sites (N-methyl/N-ethyl adjacent to an activating group) is 1. The normalized spacial score (nSPS) is 23.6. The number of alkyl halides is 3. The van der Waals surface area contributed by atoms with Crippen molar-refractivity contribution in [1.29, 1.82) is 0 Å². The average molecular weight is 273 g/mol. The molecule has 0 heterocycles. The van der Waals surface area contributed by atoms with Gasteiger partial charge in [0, 0.05) is 12.0 Å². The van der Waals surface area contributed by atoms with E-state index >= 15 is 0 Å². The standard InChI is InChI=1S/C14H18F3NO/c1-2-18-12-8-5-7-10(12)11-6-3-4-9-13(11)19-14(15,16)17/h3-4,6,9-10,12,18H,2,5,7-8H2,1H3. The molecule has 0 radical (unpaired) electrons. The third-order valence-electron chi connectivity index (χ3n) is 3.53. The molecule has 2 rings (SSSR count). The summed E-state index contributed by atoms with van der Waals surface area (Å²) in [5, 5.41) is 3.35. The molecular weight excluding hydrogens is 255 g/mol. The molecule has 1 saturated carbocycles. The van der Waals surface area contributed by atoms with Crippen LogP contribution in [0.25, 0.3) is 0 Å². The van der Waals surface area contributed by atoms with Crippen molar-refractivity contribution in [3.05, 3.63) is 29.8 Å². The monoisotopic (exact) mass is 273 g/mol. The van der Waals surface area contributed by atoms with E-state index in [0.717, 1.165) is 25.8 Å². The van der Waals surface area contributed by atoms with E-state index in [1.807, 2.05) is 6.92 Å². The van der Waals surface area contributed by atoms with Gasteiger partial charge in [-0.3, -0.25) is 0 Å². The first-order chi connectivity index (χ1) is 9.01. The van der Waals surface area contributed by atoms with E-state index in [1.54, 1.807) is 18.2 Å². The second-order valence-corrected chi connectivity index (χ2v) is 4.79. The lowest BCUT2D eigenvalue weighted by Gasteiger charge is -2.23. The van der Waals surface area contributed by atoms with Crippen molar-refractivity contribution < 1.29 is 17.9 Å². The van der Waals surface area contributed by atoms with Crippen LogP contribution in [0.15, 0.2) is 24.3 Å². The molecule has 5 heteroatoms. The molecule has 0 saturated heterocycles. The number of benzene rings is 1. The van der Waals surface area contributed by atoms with Crippen LogP contribution in [0.5, 0.6) is 5.75 Å². The topological polar surface area (TPSA) is 21.3 Å². The molecule has 2 atom stereocenters. The minimum atomic E-state index is -4.64. The third kappa shape index (κ3) is 3.62. The summed E-state index contributed by atoms with van der Waals surface area (Å²) in [5.41, 5.74) is 0.656. The highest BCUT2D eigenvalue weighted by molar-refractivity contribution is 5.38. The van der Waals surface area contributed by atoms with Gasteiger partial charge in [-0.1, -0.05) is 31.5 Å². The molecule has 106 valence electrons. The van der Waals surface area contributed by atoms with Crippen LogP contribution >= 0.6 is 0 Å². The molecule has 19 heavy (non-hydrogen) atoms. The highest BCUT2D eigenvalue weighted by Crippen LogP contribution is 2.40. The molecule has 2 unspecified atom stereocenters. The molecule has 1 aliphatic carbocycles. The fourth-order valence-electron chi connectivity index (χ4n) is 2.84. The van der Waals surface area contributed by atoms with E-state index < -0.39 is 6.36 Å². The summed E-state index contributed by atoms with van der Waals surface area (Å²) in [7, 11) is 0. The van der Waals surface area contributed by atoms with E-state index in [2.05, 4.69) is 10.1 Å². The van der Waals surface area contributed by atoms with Crippen molar-refractivity contribution in [2.75, 3.05) is 6.54 Å². The fourth-order valence-corrected chi connectivity index (χ4v) is 2.84. The Morgan fingerprint density at radius 3 is 2.68 bits per heavy atom. The fraction of sp³-hybridized carbons (Fsp3) is 0.571. The van der Waals surface area contributed by atoms with Gasteiger partial charge in [0.2, 0.25) is 0 Å². The van der Waals surface area contributed by atoms with Crippen molar-refractivity contribution >= 4 is 0 Å². The van der Waals surface area contributed by atoms with Gasteiger partial charge in [0.25, 0.3) is 0 Å². The lowest BCUT2D eigenvalue weighted by molar-refractivity contribution is -0.275. The molecule has 0 amide bonds. The first kappa shape index (κ1) is 14.2. The van der Waals surface area contributed by atoms with Gasteiger partial charge >= 0.3 is 6.36 Å². The van der Waals surface area contributed by atoms with Gasteiger partial charge in [0.05, 0.1) is 0 Å². The van der Waals surface area contributed by atoms with Gasteiger partial charge in [-0.25, -0.2) is 0 Å². The van der Waals surface area contributed by atoms with Gasteiger partial charge in [0.15, 0.2) is 0 Å². The summed E-state index contributed by atoms with van der Waals surface area (Å²) in [6, 6.07) is 6.70. The van der Waals surface area contributed by atoms with Crippen LogP contribution in [-0.2, 0) is 0 Å². The van der Waals surface area contributed by atoms with E-state index in [0.29, 0.717) is 5.56 Å². The predicted octanol–water partition coefficient (Wildman–Crippen LogP) is 3.83. The van der Waals surface area contributed by atoms with Crippen LogP contribution in [0.4, 0.5) is 13.2 Å². The van der Waals surface area contributed by atoms with E-state index in [-0.39, 0.29) is 17.7 Å². The number of rotatable bonds is 4. The molecule has 1 aliphatic rings. The minimum absolute atomic E-state index is 0.0650. The van der Waals surface area contributed by atoms with E-state index in [1.165, 1.54) is 6.07 Å². The molecule has 0 aromatic heterocycles. The smallest absolute Gasteiger partial charge is 0.405 e. The lowest BCUT2D eigenvalue weighted by atomic mass is 9.93. The largest absolute Gasteiger partial charge is 0.573 e.